The first-order valence-corrected chi connectivity index (χ1v) is 11.2. The van der Waals surface area contributed by atoms with Gasteiger partial charge >= 0.3 is 0 Å². The summed E-state index contributed by atoms with van der Waals surface area (Å²) in [6.07, 6.45) is 10.3. The van der Waals surface area contributed by atoms with E-state index in [2.05, 4.69) is 38.1 Å². The van der Waals surface area contributed by atoms with Gasteiger partial charge in [0, 0.05) is 12.2 Å². The Bertz CT molecular complexity index is 766. The Kier molecular flexibility index (Phi) is 5.49. The fourth-order valence-corrected chi connectivity index (χ4v) is 5.70. The summed E-state index contributed by atoms with van der Waals surface area (Å²) < 4.78 is 7.66. The quantitative estimate of drug-likeness (QED) is 0.730. The van der Waals surface area contributed by atoms with E-state index in [1.807, 2.05) is 12.3 Å². The number of allylic oxidation sites excluding steroid dienone is 1. The summed E-state index contributed by atoms with van der Waals surface area (Å²) in [5.41, 5.74) is 0.00191. The molecule has 6 heteroatoms. The Labute approximate surface area is 173 Å². The molecule has 0 spiro atoms. The number of rotatable bonds is 7. The molecule has 4 fully saturated rings. The van der Waals surface area contributed by atoms with Gasteiger partial charge in [0.25, 0.3) is 5.91 Å². The number of hydrogen-bond acceptors (Lipinski definition) is 4. The first-order chi connectivity index (χ1) is 13.7. The molecular formula is C23H35N3O3. The Morgan fingerprint density at radius 2 is 2.00 bits per heavy atom. The molecule has 1 aromatic rings. The molecule has 2 atom stereocenters. The van der Waals surface area contributed by atoms with Crippen LogP contribution in [0.2, 0.25) is 0 Å². The van der Waals surface area contributed by atoms with Gasteiger partial charge in [-0.15, -0.1) is 0 Å². The summed E-state index contributed by atoms with van der Waals surface area (Å²) in [7, 11) is 0. The van der Waals surface area contributed by atoms with Crippen LogP contribution in [0.3, 0.4) is 0 Å². The second-order valence-corrected chi connectivity index (χ2v) is 10.3. The van der Waals surface area contributed by atoms with E-state index >= 15 is 0 Å². The molecule has 0 saturated heterocycles. The normalized spacial score (nSPS) is 33.2. The number of aliphatic hydroxyl groups is 1. The minimum atomic E-state index is -0.490. The van der Waals surface area contributed by atoms with Crippen LogP contribution in [0.15, 0.2) is 12.3 Å². The maximum absolute atomic E-state index is 13.2. The molecule has 4 aliphatic rings. The second kappa shape index (κ2) is 7.78. The molecule has 1 amide bonds. The third-order valence-corrected chi connectivity index (χ3v) is 6.70. The summed E-state index contributed by atoms with van der Waals surface area (Å²) >= 11 is 0. The average Bonchev–Trinajstić information content (AvgIpc) is 3.02. The molecule has 0 radical (unpaired) electrons. The molecular weight excluding hydrogens is 366 g/mol. The summed E-state index contributed by atoms with van der Waals surface area (Å²) in [6.45, 7) is 8.91. The summed E-state index contributed by atoms with van der Waals surface area (Å²) in [5.74, 6) is 2.52. The van der Waals surface area contributed by atoms with Crippen LogP contribution in [0, 0.1) is 29.6 Å². The van der Waals surface area contributed by atoms with Gasteiger partial charge in [-0.2, -0.15) is 5.10 Å². The molecule has 1 aromatic heterocycles. The van der Waals surface area contributed by atoms with Crippen LogP contribution >= 0.6 is 0 Å². The van der Waals surface area contributed by atoms with E-state index in [1.165, 1.54) is 0 Å². The van der Waals surface area contributed by atoms with Gasteiger partial charge in [0.05, 0.1) is 18.4 Å². The molecule has 4 saturated carbocycles. The highest BCUT2D eigenvalue weighted by molar-refractivity contribution is 5.96. The zero-order valence-corrected chi connectivity index (χ0v) is 18.1. The van der Waals surface area contributed by atoms with E-state index < -0.39 is 5.60 Å². The zero-order chi connectivity index (χ0) is 20.8. The van der Waals surface area contributed by atoms with Crippen LogP contribution in [0.1, 0.15) is 70.2 Å². The summed E-state index contributed by atoms with van der Waals surface area (Å²) in [6, 6.07) is 0.145. The predicted octanol–water partition coefficient (Wildman–Crippen LogP) is 3.71. The van der Waals surface area contributed by atoms with Crippen molar-refractivity contribution in [3.8, 4) is 5.88 Å². The highest BCUT2D eigenvalue weighted by Gasteiger charge is 2.55. The van der Waals surface area contributed by atoms with Crippen molar-refractivity contribution in [1.29, 1.82) is 0 Å². The van der Waals surface area contributed by atoms with Gasteiger partial charge in [0.15, 0.2) is 0 Å². The van der Waals surface area contributed by atoms with E-state index in [0.29, 0.717) is 47.6 Å². The summed E-state index contributed by atoms with van der Waals surface area (Å²) in [5, 5.41) is 18.5. The maximum Gasteiger partial charge on any atom is 0.258 e. The molecule has 4 bridgehead atoms. The second-order valence-electron chi connectivity index (χ2n) is 10.3. The number of nitrogens with zero attached hydrogens (tertiary/aromatic N) is 2. The van der Waals surface area contributed by atoms with Crippen molar-refractivity contribution in [1.82, 2.24) is 15.1 Å². The molecule has 0 aromatic carbocycles. The SMILES string of the molecule is CC(C)/C=C/n1ncc(C(=O)NC2C3CC4CC2CC(O)(C4)C3)c1OCC(C)C. The average molecular weight is 402 g/mol. The minimum Gasteiger partial charge on any atom is -0.477 e. The zero-order valence-electron chi connectivity index (χ0n) is 18.1. The van der Waals surface area contributed by atoms with Crippen molar-refractivity contribution in [3.63, 3.8) is 0 Å². The molecule has 5 rings (SSSR count). The topological polar surface area (TPSA) is 76.4 Å². The molecule has 4 aliphatic carbocycles. The number of nitrogens with one attached hydrogen (secondary N) is 1. The van der Waals surface area contributed by atoms with E-state index in [-0.39, 0.29) is 11.9 Å². The number of aromatic nitrogens is 2. The van der Waals surface area contributed by atoms with Gasteiger partial charge in [0.2, 0.25) is 5.88 Å². The van der Waals surface area contributed by atoms with Gasteiger partial charge in [-0.05, 0) is 61.7 Å². The lowest BCUT2D eigenvalue weighted by molar-refractivity contribution is -0.136. The van der Waals surface area contributed by atoms with Gasteiger partial charge in [-0.25, -0.2) is 4.68 Å². The maximum atomic E-state index is 13.2. The number of carbonyl (C=O) groups is 1. The molecule has 6 nitrogen and oxygen atoms in total. The van der Waals surface area contributed by atoms with E-state index in [1.54, 1.807) is 10.9 Å². The molecule has 1 heterocycles. The van der Waals surface area contributed by atoms with Crippen LogP contribution < -0.4 is 10.1 Å². The standard InChI is InChI=1S/C23H35N3O3/c1-14(2)5-6-26-22(29-13-15(3)4)19(12-24-26)21(27)25-20-17-7-16-8-18(20)11-23(28,9-16)10-17/h5-6,12,14-18,20,28H,7-11,13H2,1-4H3,(H,25,27)/b6-5+. The third-order valence-electron chi connectivity index (χ3n) is 6.70. The number of hydrogen-bond donors (Lipinski definition) is 2. The smallest absolute Gasteiger partial charge is 0.258 e. The third kappa shape index (κ3) is 4.23. The lowest BCUT2D eigenvalue weighted by Gasteiger charge is -2.58. The van der Waals surface area contributed by atoms with Gasteiger partial charge < -0.3 is 15.2 Å². The first kappa shape index (κ1) is 20.5. The number of amides is 1. The van der Waals surface area contributed by atoms with Crippen molar-refractivity contribution in [2.24, 2.45) is 29.6 Å². The Balaban J connectivity index is 1.52. The van der Waals surface area contributed by atoms with Gasteiger partial charge in [-0.3, -0.25) is 4.79 Å². The fraction of sp³-hybridized carbons (Fsp3) is 0.739. The lowest BCUT2D eigenvalue weighted by atomic mass is 9.52. The molecule has 0 aliphatic heterocycles. The van der Waals surface area contributed by atoms with Crippen molar-refractivity contribution < 1.29 is 14.6 Å². The largest absolute Gasteiger partial charge is 0.477 e. The molecule has 2 N–H and O–H groups in total. The number of carbonyl (C=O) groups excluding carboxylic acids is 1. The van der Waals surface area contributed by atoms with Crippen LogP contribution in [-0.4, -0.2) is 39.0 Å². The molecule has 2 unspecified atom stereocenters. The Morgan fingerprint density at radius 1 is 1.31 bits per heavy atom. The first-order valence-electron chi connectivity index (χ1n) is 11.2. The van der Waals surface area contributed by atoms with Gasteiger partial charge in [-0.1, -0.05) is 33.8 Å². The molecule has 29 heavy (non-hydrogen) atoms. The van der Waals surface area contributed by atoms with Crippen molar-refractivity contribution in [3.05, 3.63) is 17.8 Å². The van der Waals surface area contributed by atoms with Crippen LogP contribution in [0.25, 0.3) is 6.20 Å². The minimum absolute atomic E-state index is 0.114. The predicted molar refractivity (Wildman–Crippen MR) is 112 cm³/mol. The van der Waals surface area contributed by atoms with Crippen LogP contribution in [-0.2, 0) is 0 Å². The van der Waals surface area contributed by atoms with Crippen LogP contribution in [0.5, 0.6) is 5.88 Å². The van der Waals surface area contributed by atoms with Gasteiger partial charge in [0.1, 0.15) is 5.56 Å². The highest BCUT2D eigenvalue weighted by Crippen LogP contribution is 2.55. The highest BCUT2D eigenvalue weighted by atomic mass is 16.5. The van der Waals surface area contributed by atoms with E-state index in [9.17, 15) is 9.90 Å². The monoisotopic (exact) mass is 401 g/mol. The lowest BCUT2D eigenvalue weighted by Crippen LogP contribution is -2.61. The van der Waals surface area contributed by atoms with E-state index in [4.69, 9.17) is 4.74 Å². The van der Waals surface area contributed by atoms with Crippen molar-refractivity contribution in [2.75, 3.05) is 6.61 Å². The van der Waals surface area contributed by atoms with Crippen molar-refractivity contribution >= 4 is 12.1 Å². The van der Waals surface area contributed by atoms with E-state index in [0.717, 1.165) is 32.1 Å². The number of ether oxygens (including phenoxy) is 1. The fourth-order valence-electron chi connectivity index (χ4n) is 5.70. The van der Waals surface area contributed by atoms with Crippen molar-refractivity contribution in [2.45, 2.75) is 71.4 Å². The Morgan fingerprint density at radius 3 is 2.59 bits per heavy atom. The summed E-state index contributed by atoms with van der Waals surface area (Å²) in [4.78, 5) is 13.2. The molecule has 160 valence electrons. The Hall–Kier alpha value is -1.82. The van der Waals surface area contributed by atoms with Crippen LogP contribution in [0.4, 0.5) is 0 Å².